The number of carbonyl (C=O) groups excluding carboxylic acids is 1. The van der Waals surface area contributed by atoms with Crippen LogP contribution in [0.2, 0.25) is 0 Å². The second kappa shape index (κ2) is 3.12. The van der Waals surface area contributed by atoms with Crippen molar-refractivity contribution in [1.29, 1.82) is 0 Å². The number of aromatic amines is 1. The molecule has 0 atom stereocenters. The van der Waals surface area contributed by atoms with E-state index in [2.05, 4.69) is 10.3 Å². The van der Waals surface area contributed by atoms with Gasteiger partial charge in [0.1, 0.15) is 0 Å². The summed E-state index contributed by atoms with van der Waals surface area (Å²) in [5.74, 6) is 0. The van der Waals surface area contributed by atoms with Crippen LogP contribution in [0.1, 0.15) is 11.3 Å². The van der Waals surface area contributed by atoms with E-state index in [1.165, 1.54) is 11.3 Å². The van der Waals surface area contributed by atoms with Gasteiger partial charge in [0.15, 0.2) is 0 Å². The molecule has 0 aliphatic carbocycles. The average molecular weight is 179 g/mol. The average Bonchev–Trinajstić information content (AvgIpc) is 2.63. The molecule has 1 aromatic rings. The Kier molecular flexibility index (Phi) is 1.96. The van der Waals surface area contributed by atoms with Gasteiger partial charge in [0.25, 0.3) is 0 Å². The number of H-pyrrole nitrogens is 1. The van der Waals surface area contributed by atoms with Gasteiger partial charge < -0.3 is 15.2 Å². The van der Waals surface area contributed by atoms with Crippen LogP contribution in [0.3, 0.4) is 0 Å². The first-order chi connectivity index (χ1) is 6.31. The smallest absolute Gasteiger partial charge is 0.317 e. The Bertz CT molecular complexity index is 318. The summed E-state index contributed by atoms with van der Waals surface area (Å²) in [5.41, 5.74) is 2.50. The largest absolute Gasteiger partial charge is 0.365 e. The molecule has 1 aliphatic heterocycles. The summed E-state index contributed by atoms with van der Waals surface area (Å²) >= 11 is 0. The van der Waals surface area contributed by atoms with Crippen LogP contribution >= 0.6 is 0 Å². The lowest BCUT2D eigenvalue weighted by Gasteiger charge is -2.26. The standard InChI is InChI=1S/C9H13N3O/c1-10-9(13)12-5-3-8-7(6-12)2-4-11-8/h2,4,11H,3,5-6H2,1H3,(H,10,13). The molecule has 0 bridgehead atoms. The predicted molar refractivity (Wildman–Crippen MR) is 49.4 cm³/mol. The van der Waals surface area contributed by atoms with Crippen molar-refractivity contribution in [2.75, 3.05) is 13.6 Å². The topological polar surface area (TPSA) is 48.1 Å². The summed E-state index contributed by atoms with van der Waals surface area (Å²) in [6, 6.07) is 2.04. The zero-order chi connectivity index (χ0) is 9.26. The van der Waals surface area contributed by atoms with Crippen LogP contribution in [0.15, 0.2) is 12.3 Å². The van der Waals surface area contributed by atoms with Crippen molar-refractivity contribution in [2.45, 2.75) is 13.0 Å². The van der Waals surface area contributed by atoms with E-state index >= 15 is 0 Å². The van der Waals surface area contributed by atoms with Crippen LogP contribution in [0, 0.1) is 0 Å². The Labute approximate surface area is 76.9 Å². The summed E-state index contributed by atoms with van der Waals surface area (Å²) in [7, 11) is 1.66. The van der Waals surface area contributed by atoms with E-state index in [9.17, 15) is 4.79 Å². The molecule has 0 fully saturated rings. The number of amides is 2. The highest BCUT2D eigenvalue weighted by Gasteiger charge is 2.19. The van der Waals surface area contributed by atoms with Crippen molar-refractivity contribution in [3.05, 3.63) is 23.5 Å². The number of hydrogen-bond acceptors (Lipinski definition) is 1. The van der Waals surface area contributed by atoms with Gasteiger partial charge in [-0.1, -0.05) is 0 Å². The molecule has 0 spiro atoms. The Morgan fingerprint density at radius 1 is 1.69 bits per heavy atom. The summed E-state index contributed by atoms with van der Waals surface area (Å²) in [6.07, 6.45) is 2.85. The molecule has 2 amide bonds. The van der Waals surface area contributed by atoms with E-state index in [0.29, 0.717) is 0 Å². The number of urea groups is 1. The van der Waals surface area contributed by atoms with Crippen LogP contribution in [-0.2, 0) is 13.0 Å². The van der Waals surface area contributed by atoms with Crippen molar-refractivity contribution in [3.63, 3.8) is 0 Å². The number of nitrogens with zero attached hydrogens (tertiary/aromatic N) is 1. The molecule has 1 aliphatic rings. The highest BCUT2D eigenvalue weighted by Crippen LogP contribution is 2.16. The van der Waals surface area contributed by atoms with Gasteiger partial charge in [0.2, 0.25) is 0 Å². The van der Waals surface area contributed by atoms with Gasteiger partial charge in [0.05, 0.1) is 0 Å². The van der Waals surface area contributed by atoms with E-state index in [-0.39, 0.29) is 6.03 Å². The third kappa shape index (κ3) is 1.39. The first kappa shape index (κ1) is 8.16. The first-order valence-electron chi connectivity index (χ1n) is 4.43. The summed E-state index contributed by atoms with van der Waals surface area (Å²) in [4.78, 5) is 16.3. The fraction of sp³-hybridized carbons (Fsp3) is 0.444. The first-order valence-corrected chi connectivity index (χ1v) is 4.43. The fourth-order valence-corrected chi connectivity index (χ4v) is 1.68. The molecular weight excluding hydrogens is 166 g/mol. The monoisotopic (exact) mass is 179 g/mol. The lowest BCUT2D eigenvalue weighted by atomic mass is 10.1. The van der Waals surface area contributed by atoms with Crippen molar-refractivity contribution in [2.24, 2.45) is 0 Å². The minimum Gasteiger partial charge on any atom is -0.365 e. The Hall–Kier alpha value is -1.45. The van der Waals surface area contributed by atoms with E-state index in [0.717, 1.165) is 19.5 Å². The molecule has 2 N–H and O–H groups in total. The lowest BCUT2D eigenvalue weighted by Crippen LogP contribution is -2.41. The van der Waals surface area contributed by atoms with Crippen LogP contribution in [0.5, 0.6) is 0 Å². The third-order valence-electron chi connectivity index (χ3n) is 2.42. The maximum absolute atomic E-state index is 11.3. The van der Waals surface area contributed by atoms with Gasteiger partial charge in [-0.05, 0) is 11.6 Å². The van der Waals surface area contributed by atoms with Gasteiger partial charge in [-0.25, -0.2) is 4.79 Å². The number of fused-ring (bicyclic) bond motifs is 1. The molecule has 4 heteroatoms. The van der Waals surface area contributed by atoms with Gasteiger partial charge in [-0.15, -0.1) is 0 Å². The van der Waals surface area contributed by atoms with Crippen LogP contribution in [0.4, 0.5) is 4.79 Å². The van der Waals surface area contributed by atoms with Gasteiger partial charge in [0, 0.05) is 38.4 Å². The molecule has 13 heavy (non-hydrogen) atoms. The highest BCUT2D eigenvalue weighted by atomic mass is 16.2. The maximum Gasteiger partial charge on any atom is 0.317 e. The van der Waals surface area contributed by atoms with Crippen LogP contribution in [0.25, 0.3) is 0 Å². The number of rotatable bonds is 0. The molecule has 1 aromatic heterocycles. The molecule has 0 saturated carbocycles. The second-order valence-corrected chi connectivity index (χ2v) is 3.21. The van der Waals surface area contributed by atoms with Gasteiger partial charge in [-0.2, -0.15) is 0 Å². The van der Waals surface area contributed by atoms with E-state index < -0.39 is 0 Å². The molecule has 70 valence electrons. The Morgan fingerprint density at radius 3 is 3.31 bits per heavy atom. The van der Waals surface area contributed by atoms with Crippen LogP contribution in [-0.4, -0.2) is 29.5 Å². The lowest BCUT2D eigenvalue weighted by molar-refractivity contribution is 0.194. The Balaban J connectivity index is 2.13. The number of carbonyl (C=O) groups is 1. The van der Waals surface area contributed by atoms with E-state index in [1.54, 1.807) is 7.05 Å². The molecule has 2 heterocycles. The number of hydrogen-bond donors (Lipinski definition) is 2. The molecule has 0 unspecified atom stereocenters. The molecule has 0 radical (unpaired) electrons. The number of aromatic nitrogens is 1. The molecule has 2 rings (SSSR count). The van der Waals surface area contributed by atoms with Crippen molar-refractivity contribution in [3.8, 4) is 0 Å². The highest BCUT2D eigenvalue weighted by molar-refractivity contribution is 5.74. The SMILES string of the molecule is CNC(=O)N1CCc2[nH]ccc2C1. The van der Waals surface area contributed by atoms with Gasteiger partial charge in [-0.3, -0.25) is 0 Å². The number of nitrogens with one attached hydrogen (secondary N) is 2. The summed E-state index contributed by atoms with van der Waals surface area (Å²) < 4.78 is 0. The maximum atomic E-state index is 11.3. The normalized spacial score (nSPS) is 15.3. The molecular formula is C9H13N3O. The molecule has 0 aromatic carbocycles. The van der Waals surface area contributed by atoms with Crippen molar-refractivity contribution in [1.82, 2.24) is 15.2 Å². The van der Waals surface area contributed by atoms with Crippen molar-refractivity contribution >= 4 is 6.03 Å². The second-order valence-electron chi connectivity index (χ2n) is 3.21. The van der Waals surface area contributed by atoms with Gasteiger partial charge >= 0.3 is 6.03 Å². The predicted octanol–water partition coefficient (Wildman–Crippen LogP) is 0.712. The van der Waals surface area contributed by atoms with E-state index in [4.69, 9.17) is 0 Å². The minimum atomic E-state index is 0.00634. The quantitative estimate of drug-likeness (QED) is 0.605. The molecule has 4 nitrogen and oxygen atoms in total. The summed E-state index contributed by atoms with van der Waals surface area (Å²) in [5, 5.41) is 2.63. The zero-order valence-corrected chi connectivity index (χ0v) is 7.63. The zero-order valence-electron chi connectivity index (χ0n) is 7.63. The molecule has 0 saturated heterocycles. The van der Waals surface area contributed by atoms with Crippen LogP contribution < -0.4 is 5.32 Å². The van der Waals surface area contributed by atoms with E-state index in [1.807, 2.05) is 17.2 Å². The van der Waals surface area contributed by atoms with Crippen molar-refractivity contribution < 1.29 is 4.79 Å². The fourth-order valence-electron chi connectivity index (χ4n) is 1.68. The minimum absolute atomic E-state index is 0.00634. The summed E-state index contributed by atoms with van der Waals surface area (Å²) in [6.45, 7) is 1.52. The Morgan fingerprint density at radius 2 is 2.54 bits per heavy atom. The third-order valence-corrected chi connectivity index (χ3v) is 2.42.